The summed E-state index contributed by atoms with van der Waals surface area (Å²) in [5.74, 6) is 0. The van der Waals surface area contributed by atoms with Crippen LogP contribution in [0.1, 0.15) is 27.2 Å². The van der Waals surface area contributed by atoms with Crippen molar-refractivity contribution < 1.29 is 4.74 Å². The summed E-state index contributed by atoms with van der Waals surface area (Å²) in [6.45, 7) is 13.9. The molecule has 4 nitrogen and oxygen atoms in total. The molecule has 2 rings (SSSR count). The molecule has 0 amide bonds. The van der Waals surface area contributed by atoms with Gasteiger partial charge in [-0.25, -0.2) is 0 Å². The van der Waals surface area contributed by atoms with Gasteiger partial charge in [-0.2, -0.15) is 0 Å². The van der Waals surface area contributed by atoms with Gasteiger partial charge in [0.25, 0.3) is 0 Å². The molecule has 0 radical (unpaired) electrons. The molecule has 1 atom stereocenters. The lowest BCUT2D eigenvalue weighted by atomic mass is 9.95. The zero-order chi connectivity index (χ0) is 13.2. The van der Waals surface area contributed by atoms with Crippen LogP contribution in [0.2, 0.25) is 0 Å². The van der Waals surface area contributed by atoms with Crippen molar-refractivity contribution in [3.63, 3.8) is 0 Å². The Morgan fingerprint density at radius 1 is 1.28 bits per heavy atom. The molecule has 2 saturated heterocycles. The number of ether oxygens (including phenoxy) is 1. The molecule has 0 aliphatic carbocycles. The van der Waals surface area contributed by atoms with Crippen molar-refractivity contribution in [2.75, 3.05) is 46.4 Å². The smallest absolute Gasteiger partial charge is 0.0637 e. The standard InChI is InChI=1S/C14H29N3O/c1-12(9-14(2,3)18-4)17-10-13(11-17)16-7-5-15-6-8-16/h12-13,15H,5-11H2,1-4H3. The maximum absolute atomic E-state index is 5.52. The van der Waals surface area contributed by atoms with Gasteiger partial charge in [-0.05, 0) is 27.2 Å². The van der Waals surface area contributed by atoms with Crippen LogP contribution in [0, 0.1) is 0 Å². The number of hydrogen-bond donors (Lipinski definition) is 1. The third-order valence-corrected chi connectivity index (χ3v) is 4.52. The molecule has 0 aromatic heterocycles. The number of likely N-dealkylation sites (tertiary alicyclic amines) is 1. The quantitative estimate of drug-likeness (QED) is 0.786. The molecule has 0 aromatic carbocycles. The van der Waals surface area contributed by atoms with Crippen molar-refractivity contribution in [3.8, 4) is 0 Å². The van der Waals surface area contributed by atoms with Gasteiger partial charge in [0.15, 0.2) is 0 Å². The monoisotopic (exact) mass is 255 g/mol. The molecule has 0 aromatic rings. The number of nitrogens with zero attached hydrogens (tertiary/aromatic N) is 2. The van der Waals surface area contributed by atoms with E-state index in [1.807, 2.05) is 7.11 Å². The average molecular weight is 255 g/mol. The van der Waals surface area contributed by atoms with Crippen molar-refractivity contribution >= 4 is 0 Å². The maximum atomic E-state index is 5.52. The number of nitrogens with one attached hydrogen (secondary N) is 1. The fourth-order valence-corrected chi connectivity index (χ4v) is 3.05. The topological polar surface area (TPSA) is 27.7 Å². The Labute approximate surface area is 112 Å². The van der Waals surface area contributed by atoms with E-state index < -0.39 is 0 Å². The van der Waals surface area contributed by atoms with Crippen LogP contribution in [0.25, 0.3) is 0 Å². The average Bonchev–Trinajstić information content (AvgIpc) is 2.28. The lowest BCUT2D eigenvalue weighted by Crippen LogP contribution is -2.64. The normalized spacial score (nSPS) is 26.0. The molecular formula is C14H29N3O. The largest absolute Gasteiger partial charge is 0.379 e. The Kier molecular flexibility index (Phi) is 4.64. The second-order valence-electron chi connectivity index (χ2n) is 6.41. The van der Waals surface area contributed by atoms with Gasteiger partial charge in [0.05, 0.1) is 5.60 Å². The third kappa shape index (κ3) is 3.44. The summed E-state index contributed by atoms with van der Waals surface area (Å²) in [6, 6.07) is 1.42. The summed E-state index contributed by atoms with van der Waals surface area (Å²) in [5.41, 5.74) is -0.000449. The summed E-state index contributed by atoms with van der Waals surface area (Å²) in [6.07, 6.45) is 1.11. The summed E-state index contributed by atoms with van der Waals surface area (Å²) in [4.78, 5) is 5.23. The van der Waals surface area contributed by atoms with E-state index in [0.717, 1.165) is 25.6 Å². The second-order valence-corrected chi connectivity index (χ2v) is 6.41. The number of rotatable bonds is 5. The summed E-state index contributed by atoms with van der Waals surface area (Å²) in [7, 11) is 1.81. The Morgan fingerprint density at radius 3 is 2.44 bits per heavy atom. The van der Waals surface area contributed by atoms with Crippen molar-refractivity contribution in [2.24, 2.45) is 0 Å². The molecule has 0 spiro atoms. The Hall–Kier alpha value is -0.160. The first-order chi connectivity index (χ1) is 8.52. The molecule has 1 N–H and O–H groups in total. The van der Waals surface area contributed by atoms with Crippen LogP contribution in [0.5, 0.6) is 0 Å². The van der Waals surface area contributed by atoms with E-state index in [4.69, 9.17) is 4.74 Å². The minimum absolute atomic E-state index is 0.000449. The number of methoxy groups -OCH3 is 1. The van der Waals surface area contributed by atoms with Crippen LogP contribution in [0.4, 0.5) is 0 Å². The molecular weight excluding hydrogens is 226 g/mol. The molecule has 18 heavy (non-hydrogen) atoms. The molecule has 4 heteroatoms. The second kappa shape index (κ2) is 5.87. The lowest BCUT2D eigenvalue weighted by molar-refractivity contribution is -0.0412. The highest BCUT2D eigenvalue weighted by Gasteiger charge is 2.36. The van der Waals surface area contributed by atoms with Crippen molar-refractivity contribution in [2.45, 2.75) is 44.9 Å². The molecule has 2 aliphatic heterocycles. The molecule has 2 aliphatic rings. The van der Waals surface area contributed by atoms with Gasteiger partial charge >= 0.3 is 0 Å². The molecule has 2 fully saturated rings. The van der Waals surface area contributed by atoms with Gasteiger partial charge in [-0.1, -0.05) is 0 Å². The summed E-state index contributed by atoms with van der Waals surface area (Å²) >= 11 is 0. The molecule has 0 bridgehead atoms. The predicted molar refractivity (Wildman–Crippen MR) is 75.0 cm³/mol. The first-order valence-electron chi connectivity index (χ1n) is 7.26. The summed E-state index contributed by atoms with van der Waals surface area (Å²) in [5, 5.41) is 3.42. The van der Waals surface area contributed by atoms with Crippen LogP contribution in [0.15, 0.2) is 0 Å². The van der Waals surface area contributed by atoms with Gasteiger partial charge in [0, 0.05) is 58.5 Å². The molecule has 0 saturated carbocycles. The van der Waals surface area contributed by atoms with E-state index >= 15 is 0 Å². The highest BCUT2D eigenvalue weighted by Crippen LogP contribution is 2.24. The minimum atomic E-state index is -0.000449. The highest BCUT2D eigenvalue weighted by molar-refractivity contribution is 4.93. The van der Waals surface area contributed by atoms with Gasteiger partial charge in [0.1, 0.15) is 0 Å². The zero-order valence-corrected chi connectivity index (χ0v) is 12.4. The van der Waals surface area contributed by atoms with Crippen molar-refractivity contribution in [1.29, 1.82) is 0 Å². The van der Waals surface area contributed by atoms with Crippen molar-refractivity contribution in [1.82, 2.24) is 15.1 Å². The molecule has 2 heterocycles. The number of hydrogen-bond acceptors (Lipinski definition) is 4. The van der Waals surface area contributed by atoms with E-state index in [9.17, 15) is 0 Å². The van der Waals surface area contributed by atoms with E-state index in [-0.39, 0.29) is 5.60 Å². The Bertz CT molecular complexity index is 258. The third-order valence-electron chi connectivity index (χ3n) is 4.52. The SMILES string of the molecule is COC(C)(C)CC(C)N1CC(N2CCNCC2)C1. The van der Waals surface area contributed by atoms with Crippen LogP contribution in [0.3, 0.4) is 0 Å². The van der Waals surface area contributed by atoms with Gasteiger partial charge < -0.3 is 10.1 Å². The van der Waals surface area contributed by atoms with E-state index in [1.54, 1.807) is 0 Å². The summed E-state index contributed by atoms with van der Waals surface area (Å²) < 4.78 is 5.52. The van der Waals surface area contributed by atoms with Crippen LogP contribution in [-0.2, 0) is 4.74 Å². The van der Waals surface area contributed by atoms with Crippen LogP contribution >= 0.6 is 0 Å². The van der Waals surface area contributed by atoms with E-state index in [0.29, 0.717) is 6.04 Å². The number of piperazine rings is 1. The Morgan fingerprint density at radius 2 is 1.89 bits per heavy atom. The van der Waals surface area contributed by atoms with Crippen LogP contribution < -0.4 is 5.32 Å². The fraction of sp³-hybridized carbons (Fsp3) is 1.00. The first-order valence-corrected chi connectivity index (χ1v) is 7.26. The fourth-order valence-electron chi connectivity index (χ4n) is 3.05. The van der Waals surface area contributed by atoms with Gasteiger partial charge in [-0.3, -0.25) is 9.80 Å². The first kappa shape index (κ1) is 14.3. The van der Waals surface area contributed by atoms with E-state index in [2.05, 4.69) is 35.9 Å². The highest BCUT2D eigenvalue weighted by atomic mass is 16.5. The van der Waals surface area contributed by atoms with Gasteiger partial charge in [-0.15, -0.1) is 0 Å². The van der Waals surface area contributed by atoms with E-state index in [1.165, 1.54) is 26.2 Å². The molecule has 106 valence electrons. The minimum Gasteiger partial charge on any atom is -0.379 e. The van der Waals surface area contributed by atoms with Crippen LogP contribution in [-0.4, -0.2) is 73.9 Å². The maximum Gasteiger partial charge on any atom is 0.0637 e. The van der Waals surface area contributed by atoms with Crippen molar-refractivity contribution in [3.05, 3.63) is 0 Å². The zero-order valence-electron chi connectivity index (χ0n) is 12.4. The predicted octanol–water partition coefficient (Wildman–Crippen LogP) is 0.779. The molecule has 1 unspecified atom stereocenters. The van der Waals surface area contributed by atoms with Gasteiger partial charge in [0.2, 0.25) is 0 Å². The Balaban J connectivity index is 1.71. The lowest BCUT2D eigenvalue weighted by Gasteiger charge is -2.50.